The highest BCUT2D eigenvalue weighted by Crippen LogP contribution is 2.31. The summed E-state index contributed by atoms with van der Waals surface area (Å²) in [4.78, 5) is 12.8. The van der Waals surface area contributed by atoms with Crippen molar-refractivity contribution in [3.05, 3.63) is 65.5 Å². The number of carbonyl (C=O) groups excluding carboxylic acids is 1. The van der Waals surface area contributed by atoms with Gasteiger partial charge < -0.3 is 13.9 Å². The van der Waals surface area contributed by atoms with E-state index in [1.807, 2.05) is 25.1 Å². The number of ether oxygens (including phenoxy) is 2. The molecule has 3 rings (SSSR count). The topological polar surface area (TPSA) is 74.5 Å². The Morgan fingerprint density at radius 3 is 2.45 bits per heavy atom. The molecule has 3 aromatic rings. The van der Waals surface area contributed by atoms with E-state index in [0.717, 1.165) is 0 Å². The summed E-state index contributed by atoms with van der Waals surface area (Å²) in [5.41, 5.74) is 1.76. The molecule has 152 valence electrons. The smallest absolute Gasteiger partial charge is 0.277 e. The van der Waals surface area contributed by atoms with Gasteiger partial charge >= 0.3 is 0 Å². The molecule has 2 unspecified atom stereocenters. The van der Waals surface area contributed by atoms with E-state index in [4.69, 9.17) is 13.9 Å². The predicted molar refractivity (Wildman–Crippen MR) is 112 cm³/mol. The van der Waals surface area contributed by atoms with Crippen LogP contribution in [0.4, 0.5) is 0 Å². The number of aromatic nitrogens is 2. The Labute approximate surface area is 174 Å². The highest BCUT2D eigenvalue weighted by molar-refractivity contribution is 8.00. The summed E-state index contributed by atoms with van der Waals surface area (Å²) in [7, 11) is 3.10. The lowest BCUT2D eigenvalue weighted by Crippen LogP contribution is -2.13. The van der Waals surface area contributed by atoms with Crippen molar-refractivity contribution in [3.63, 3.8) is 0 Å². The van der Waals surface area contributed by atoms with E-state index < -0.39 is 0 Å². The molecule has 2 atom stereocenters. The van der Waals surface area contributed by atoms with Crippen LogP contribution in [-0.2, 0) is 6.42 Å². The van der Waals surface area contributed by atoms with Crippen LogP contribution in [-0.4, -0.2) is 35.5 Å². The van der Waals surface area contributed by atoms with E-state index in [1.54, 1.807) is 32.4 Å². The lowest BCUT2D eigenvalue weighted by atomic mass is 9.98. The molecule has 7 heteroatoms. The van der Waals surface area contributed by atoms with Gasteiger partial charge in [-0.2, -0.15) is 0 Å². The summed E-state index contributed by atoms with van der Waals surface area (Å²) < 4.78 is 16.3. The van der Waals surface area contributed by atoms with Crippen molar-refractivity contribution in [2.24, 2.45) is 0 Å². The minimum Gasteiger partial charge on any atom is -0.493 e. The van der Waals surface area contributed by atoms with Crippen LogP contribution in [0.1, 0.15) is 41.6 Å². The van der Waals surface area contributed by atoms with Gasteiger partial charge in [0, 0.05) is 12.0 Å². The molecule has 0 aliphatic heterocycles. The van der Waals surface area contributed by atoms with Crippen LogP contribution < -0.4 is 9.47 Å². The van der Waals surface area contributed by atoms with Crippen molar-refractivity contribution >= 4 is 17.5 Å². The molecular formula is C22H24N2O4S. The number of methoxy groups -OCH3 is 2. The normalized spacial score (nSPS) is 13.0. The lowest BCUT2D eigenvalue weighted by molar-refractivity contribution is 0.0993. The SMILES string of the molecule is COc1ccc(C(=O)C(C)Sc2nnc(CC(C)c3ccccc3)o2)cc1OC. The second kappa shape index (κ2) is 9.60. The maximum Gasteiger partial charge on any atom is 0.277 e. The van der Waals surface area contributed by atoms with Gasteiger partial charge in [-0.25, -0.2) is 0 Å². The zero-order chi connectivity index (χ0) is 20.8. The number of carbonyl (C=O) groups is 1. The molecule has 0 N–H and O–H groups in total. The molecule has 0 fully saturated rings. The Bertz CT molecular complexity index is 958. The minimum atomic E-state index is -0.382. The number of hydrogen-bond donors (Lipinski definition) is 0. The fourth-order valence-electron chi connectivity index (χ4n) is 2.96. The number of Topliss-reactive ketones (excluding diaryl/α,β-unsaturated/α-hetero) is 1. The molecule has 0 radical (unpaired) electrons. The lowest BCUT2D eigenvalue weighted by Gasteiger charge is -2.11. The second-order valence-corrected chi connectivity index (χ2v) is 7.96. The zero-order valence-corrected chi connectivity index (χ0v) is 17.7. The predicted octanol–water partition coefficient (Wildman–Crippen LogP) is 4.80. The highest BCUT2D eigenvalue weighted by atomic mass is 32.2. The summed E-state index contributed by atoms with van der Waals surface area (Å²) in [6.07, 6.45) is 0.648. The Morgan fingerprint density at radius 1 is 1.03 bits per heavy atom. The molecule has 0 saturated carbocycles. The van der Waals surface area contributed by atoms with Gasteiger partial charge in [0.25, 0.3) is 5.22 Å². The van der Waals surface area contributed by atoms with Crippen molar-refractivity contribution in [1.29, 1.82) is 0 Å². The van der Waals surface area contributed by atoms with E-state index in [2.05, 4.69) is 29.3 Å². The van der Waals surface area contributed by atoms with E-state index in [1.165, 1.54) is 17.3 Å². The summed E-state index contributed by atoms with van der Waals surface area (Å²) in [6, 6.07) is 15.3. The van der Waals surface area contributed by atoms with E-state index in [-0.39, 0.29) is 17.0 Å². The third kappa shape index (κ3) is 5.17. The largest absolute Gasteiger partial charge is 0.493 e. The van der Waals surface area contributed by atoms with E-state index in [9.17, 15) is 4.79 Å². The summed E-state index contributed by atoms with van der Waals surface area (Å²) >= 11 is 1.25. The third-order valence-electron chi connectivity index (χ3n) is 4.61. The van der Waals surface area contributed by atoms with Crippen LogP contribution in [0.3, 0.4) is 0 Å². The summed E-state index contributed by atoms with van der Waals surface area (Å²) in [5.74, 6) is 1.88. The fraction of sp³-hybridized carbons (Fsp3) is 0.318. The molecule has 1 aromatic heterocycles. The molecule has 0 aliphatic rings. The Morgan fingerprint density at radius 2 is 1.76 bits per heavy atom. The van der Waals surface area contributed by atoms with Crippen LogP contribution in [0.15, 0.2) is 58.2 Å². The molecule has 2 aromatic carbocycles. The van der Waals surface area contributed by atoms with Crippen LogP contribution >= 0.6 is 11.8 Å². The molecule has 1 heterocycles. The Hall–Kier alpha value is -2.80. The monoisotopic (exact) mass is 412 g/mol. The first kappa shape index (κ1) is 20.9. The average molecular weight is 413 g/mol. The first-order chi connectivity index (χ1) is 14.0. The number of thioether (sulfide) groups is 1. The molecule has 0 amide bonds. The molecule has 0 bridgehead atoms. The van der Waals surface area contributed by atoms with Gasteiger partial charge in [-0.1, -0.05) is 49.0 Å². The van der Waals surface area contributed by atoms with Crippen molar-refractivity contribution in [3.8, 4) is 11.5 Å². The number of hydrogen-bond acceptors (Lipinski definition) is 7. The van der Waals surface area contributed by atoms with Crippen molar-refractivity contribution in [2.45, 2.75) is 36.7 Å². The number of nitrogens with zero attached hydrogens (tertiary/aromatic N) is 2. The molecule has 0 spiro atoms. The van der Waals surface area contributed by atoms with Crippen LogP contribution in [0.25, 0.3) is 0 Å². The van der Waals surface area contributed by atoms with Crippen molar-refractivity contribution in [1.82, 2.24) is 10.2 Å². The Kier molecular flexibility index (Phi) is 6.93. The van der Waals surface area contributed by atoms with Crippen LogP contribution in [0, 0.1) is 0 Å². The standard InChI is InChI=1S/C22H24N2O4S/c1-14(16-8-6-5-7-9-16)12-20-23-24-22(28-20)29-15(2)21(25)17-10-11-18(26-3)19(13-17)27-4/h5-11,13-15H,12H2,1-4H3. The minimum absolute atomic E-state index is 0.0478. The zero-order valence-electron chi connectivity index (χ0n) is 16.9. The number of benzene rings is 2. The first-order valence-electron chi connectivity index (χ1n) is 9.32. The maximum absolute atomic E-state index is 12.8. The first-order valence-corrected chi connectivity index (χ1v) is 10.2. The van der Waals surface area contributed by atoms with Gasteiger partial charge in [0.05, 0.1) is 19.5 Å². The van der Waals surface area contributed by atoms with Crippen molar-refractivity contribution in [2.75, 3.05) is 14.2 Å². The third-order valence-corrected chi connectivity index (χ3v) is 5.55. The van der Waals surface area contributed by atoms with E-state index in [0.29, 0.717) is 34.6 Å². The number of rotatable bonds is 9. The summed E-state index contributed by atoms with van der Waals surface area (Å²) in [5, 5.41) is 8.23. The second-order valence-electron chi connectivity index (χ2n) is 6.67. The van der Waals surface area contributed by atoms with Gasteiger partial charge in [0.2, 0.25) is 5.89 Å². The van der Waals surface area contributed by atoms with Gasteiger partial charge in [-0.3, -0.25) is 4.79 Å². The summed E-state index contributed by atoms with van der Waals surface area (Å²) in [6.45, 7) is 3.94. The quantitative estimate of drug-likeness (QED) is 0.369. The van der Waals surface area contributed by atoms with Gasteiger partial charge in [0.15, 0.2) is 17.3 Å². The molecule has 6 nitrogen and oxygen atoms in total. The molecule has 0 aliphatic carbocycles. The van der Waals surface area contributed by atoms with Crippen LogP contribution in [0.5, 0.6) is 11.5 Å². The van der Waals surface area contributed by atoms with Gasteiger partial charge in [-0.15, -0.1) is 10.2 Å². The van der Waals surface area contributed by atoms with Gasteiger partial charge in [-0.05, 0) is 36.6 Å². The number of ketones is 1. The highest BCUT2D eigenvalue weighted by Gasteiger charge is 2.21. The van der Waals surface area contributed by atoms with Crippen LogP contribution in [0.2, 0.25) is 0 Å². The average Bonchev–Trinajstić information content (AvgIpc) is 3.19. The maximum atomic E-state index is 12.8. The van der Waals surface area contributed by atoms with Crippen molar-refractivity contribution < 1.29 is 18.7 Å². The Balaban J connectivity index is 1.64. The van der Waals surface area contributed by atoms with Gasteiger partial charge in [0.1, 0.15) is 0 Å². The molecular weight excluding hydrogens is 388 g/mol. The van der Waals surface area contributed by atoms with E-state index >= 15 is 0 Å². The molecule has 0 saturated heterocycles. The fourth-order valence-corrected chi connectivity index (χ4v) is 3.74. The molecule has 29 heavy (non-hydrogen) atoms.